The van der Waals surface area contributed by atoms with E-state index in [0.717, 1.165) is 25.7 Å². The molecule has 23 heavy (non-hydrogen) atoms. The van der Waals surface area contributed by atoms with E-state index in [1.807, 2.05) is 6.08 Å². The smallest absolute Gasteiger partial charge is 0.155 e. The molecule has 2 heteroatoms. The average Bonchev–Trinajstić information content (AvgIpc) is 2.89. The van der Waals surface area contributed by atoms with Crippen molar-refractivity contribution in [3.05, 3.63) is 24.3 Å². The van der Waals surface area contributed by atoms with Gasteiger partial charge >= 0.3 is 0 Å². The Labute approximate surface area is 139 Å². The summed E-state index contributed by atoms with van der Waals surface area (Å²) in [6.07, 6.45) is 11.7. The third kappa shape index (κ3) is 2.09. The van der Waals surface area contributed by atoms with Crippen LogP contribution in [0.25, 0.3) is 0 Å². The Bertz CT molecular complexity index is 612. The van der Waals surface area contributed by atoms with E-state index in [4.69, 9.17) is 0 Å². The Hall–Kier alpha value is -1.36. The van der Waals surface area contributed by atoms with Gasteiger partial charge in [-0.1, -0.05) is 18.6 Å². The highest BCUT2D eigenvalue weighted by molar-refractivity contribution is 5.91. The first kappa shape index (κ1) is 15.2. The number of carbonyl (C=O) groups is 1. The molecule has 4 rings (SSSR count). The molecule has 0 N–H and O–H groups in total. The Morgan fingerprint density at radius 2 is 2.17 bits per heavy atom. The molecule has 0 spiro atoms. The predicted octanol–water partition coefficient (Wildman–Crippen LogP) is 4.68. The van der Waals surface area contributed by atoms with Crippen LogP contribution in [0, 0.1) is 52.3 Å². The molecule has 0 aliphatic heterocycles. The summed E-state index contributed by atoms with van der Waals surface area (Å²) in [6, 6.07) is 2.61. The van der Waals surface area contributed by atoms with E-state index in [1.165, 1.54) is 24.8 Å². The van der Waals surface area contributed by atoms with Crippen molar-refractivity contribution in [3.63, 3.8) is 0 Å². The maximum atomic E-state index is 11.9. The van der Waals surface area contributed by atoms with Crippen molar-refractivity contribution in [1.82, 2.24) is 0 Å². The molecule has 0 bridgehead atoms. The average molecular weight is 309 g/mol. The molecular weight excluding hydrogens is 282 g/mol. The van der Waals surface area contributed by atoms with Gasteiger partial charge in [0.1, 0.15) is 0 Å². The number of nitrogens with zero attached hydrogens (tertiary/aromatic N) is 1. The minimum absolute atomic E-state index is 0.211. The quantitative estimate of drug-likeness (QED) is 0.660. The second kappa shape index (κ2) is 5.33. The number of rotatable bonds is 1. The molecule has 122 valence electrons. The van der Waals surface area contributed by atoms with E-state index >= 15 is 0 Å². The second-order valence-corrected chi connectivity index (χ2v) is 8.59. The van der Waals surface area contributed by atoms with Crippen LogP contribution in [-0.4, -0.2) is 5.78 Å². The molecule has 0 unspecified atom stereocenters. The lowest BCUT2D eigenvalue weighted by atomic mass is 9.49. The first-order valence-corrected chi connectivity index (χ1v) is 9.34. The number of fused-ring (bicyclic) bond motifs is 5. The monoisotopic (exact) mass is 309 g/mol. The standard InChI is InChI=1S/C21H27NO/c1-3-13-10-14-11-16(23)5-6-17(14)18-8-9-21(2)15(12-22)4-7-19(21)20(13)18/h3,11,13,15,17-20H,1,4-10H2,2H3/t13-,15-,17+,18-,19+,20-,21-/m1/s1. The van der Waals surface area contributed by atoms with Gasteiger partial charge in [0.05, 0.1) is 12.0 Å². The molecule has 2 nitrogen and oxygen atoms in total. The van der Waals surface area contributed by atoms with Crippen LogP contribution in [0.4, 0.5) is 0 Å². The summed E-state index contributed by atoms with van der Waals surface area (Å²) in [4.78, 5) is 11.9. The van der Waals surface area contributed by atoms with Crippen molar-refractivity contribution in [2.75, 3.05) is 0 Å². The van der Waals surface area contributed by atoms with Crippen molar-refractivity contribution in [3.8, 4) is 6.07 Å². The predicted molar refractivity (Wildman–Crippen MR) is 90.3 cm³/mol. The lowest BCUT2D eigenvalue weighted by Gasteiger charge is -2.55. The molecule has 0 radical (unpaired) electrons. The van der Waals surface area contributed by atoms with E-state index in [0.29, 0.717) is 35.4 Å². The summed E-state index contributed by atoms with van der Waals surface area (Å²) in [7, 11) is 0. The Kier molecular flexibility index (Phi) is 3.52. The lowest BCUT2D eigenvalue weighted by molar-refractivity contribution is -0.116. The zero-order chi connectivity index (χ0) is 16.2. The molecule has 7 atom stereocenters. The van der Waals surface area contributed by atoms with E-state index in [-0.39, 0.29) is 11.3 Å². The molecule has 3 fully saturated rings. The molecule has 0 saturated heterocycles. The summed E-state index contributed by atoms with van der Waals surface area (Å²) in [5.74, 6) is 3.75. The Morgan fingerprint density at radius 1 is 1.35 bits per heavy atom. The van der Waals surface area contributed by atoms with Gasteiger partial charge in [-0.25, -0.2) is 0 Å². The maximum Gasteiger partial charge on any atom is 0.155 e. The second-order valence-electron chi connectivity index (χ2n) is 8.59. The summed E-state index contributed by atoms with van der Waals surface area (Å²) in [5.41, 5.74) is 1.62. The topological polar surface area (TPSA) is 40.9 Å². The third-order valence-corrected chi connectivity index (χ3v) is 7.85. The zero-order valence-electron chi connectivity index (χ0n) is 14.1. The minimum atomic E-state index is 0.211. The van der Waals surface area contributed by atoms with Gasteiger partial charge in [-0.05, 0) is 79.6 Å². The fraction of sp³-hybridized carbons (Fsp3) is 0.714. The van der Waals surface area contributed by atoms with Crippen molar-refractivity contribution in [2.45, 2.75) is 51.9 Å². The van der Waals surface area contributed by atoms with Crippen LogP contribution in [0.15, 0.2) is 24.3 Å². The SMILES string of the molecule is C=C[C@@H]1CC2=CC(=O)CC[C@@H]2[C@H]2CC[C@]3(C)[C@@H](C#N)CC[C@H]3[C@@H]21. The van der Waals surface area contributed by atoms with Gasteiger partial charge in [0.15, 0.2) is 5.78 Å². The van der Waals surface area contributed by atoms with Gasteiger partial charge < -0.3 is 0 Å². The van der Waals surface area contributed by atoms with Crippen molar-refractivity contribution >= 4 is 5.78 Å². The van der Waals surface area contributed by atoms with E-state index in [2.05, 4.69) is 25.6 Å². The van der Waals surface area contributed by atoms with Crippen LogP contribution in [0.3, 0.4) is 0 Å². The van der Waals surface area contributed by atoms with Crippen LogP contribution in [-0.2, 0) is 4.79 Å². The van der Waals surface area contributed by atoms with Gasteiger partial charge in [-0.15, -0.1) is 6.58 Å². The summed E-state index contributed by atoms with van der Waals surface area (Å²) in [5, 5.41) is 9.59. The summed E-state index contributed by atoms with van der Waals surface area (Å²) < 4.78 is 0. The third-order valence-electron chi connectivity index (χ3n) is 7.85. The zero-order valence-corrected chi connectivity index (χ0v) is 14.1. The normalized spacial score (nSPS) is 48.5. The number of allylic oxidation sites excluding steroid dienone is 2. The molecular formula is C21H27NO. The largest absolute Gasteiger partial charge is 0.295 e. The number of hydrogen-bond donors (Lipinski definition) is 0. The van der Waals surface area contributed by atoms with E-state index < -0.39 is 0 Å². The highest BCUT2D eigenvalue weighted by atomic mass is 16.1. The molecule has 3 saturated carbocycles. The maximum absolute atomic E-state index is 11.9. The van der Waals surface area contributed by atoms with Crippen LogP contribution < -0.4 is 0 Å². The fourth-order valence-corrected chi connectivity index (χ4v) is 6.74. The van der Waals surface area contributed by atoms with Gasteiger partial charge in [0.2, 0.25) is 0 Å². The Balaban J connectivity index is 1.71. The summed E-state index contributed by atoms with van der Waals surface area (Å²) >= 11 is 0. The van der Waals surface area contributed by atoms with Crippen molar-refractivity contribution < 1.29 is 4.79 Å². The minimum Gasteiger partial charge on any atom is -0.295 e. The Morgan fingerprint density at radius 3 is 2.91 bits per heavy atom. The van der Waals surface area contributed by atoms with E-state index in [9.17, 15) is 10.1 Å². The van der Waals surface area contributed by atoms with Crippen LogP contribution in [0.1, 0.15) is 51.9 Å². The van der Waals surface area contributed by atoms with Crippen LogP contribution in [0.5, 0.6) is 0 Å². The highest BCUT2D eigenvalue weighted by Crippen LogP contribution is 2.64. The van der Waals surface area contributed by atoms with Crippen LogP contribution >= 0.6 is 0 Å². The number of hydrogen-bond acceptors (Lipinski definition) is 2. The number of ketones is 1. The van der Waals surface area contributed by atoms with Gasteiger partial charge in [-0.3, -0.25) is 4.79 Å². The van der Waals surface area contributed by atoms with Crippen molar-refractivity contribution in [1.29, 1.82) is 5.26 Å². The molecule has 0 aromatic carbocycles. The molecule has 0 aromatic rings. The number of nitriles is 1. The van der Waals surface area contributed by atoms with Crippen molar-refractivity contribution in [2.24, 2.45) is 40.9 Å². The van der Waals surface area contributed by atoms with Gasteiger partial charge in [-0.2, -0.15) is 5.26 Å². The first-order valence-electron chi connectivity index (χ1n) is 9.34. The number of carbonyl (C=O) groups excluding carboxylic acids is 1. The molecule has 4 aliphatic rings. The van der Waals surface area contributed by atoms with Crippen LogP contribution in [0.2, 0.25) is 0 Å². The molecule has 4 aliphatic carbocycles. The lowest BCUT2D eigenvalue weighted by Crippen LogP contribution is -2.49. The molecule has 0 aromatic heterocycles. The van der Waals surface area contributed by atoms with Gasteiger partial charge in [0, 0.05) is 6.42 Å². The molecule has 0 amide bonds. The fourth-order valence-electron chi connectivity index (χ4n) is 6.74. The van der Waals surface area contributed by atoms with E-state index in [1.54, 1.807) is 0 Å². The highest BCUT2D eigenvalue weighted by Gasteiger charge is 2.58. The first-order chi connectivity index (χ1) is 11.1. The molecule has 0 heterocycles. The summed E-state index contributed by atoms with van der Waals surface area (Å²) in [6.45, 7) is 6.51. The van der Waals surface area contributed by atoms with Gasteiger partial charge in [0.25, 0.3) is 0 Å².